The maximum absolute atomic E-state index is 5.23. The number of aryl methyl sites for hydroxylation is 2. The van der Waals surface area contributed by atoms with Gasteiger partial charge in [-0.3, -0.25) is 0 Å². The SMILES string of the molecule is CCNC(=NCc1c(C)noc1C)N1CCN(c2cccs2)CC1. The lowest BCUT2D eigenvalue weighted by Crippen LogP contribution is -2.52. The Bertz CT molecular complexity index is 652. The summed E-state index contributed by atoms with van der Waals surface area (Å²) in [6, 6.07) is 4.30. The van der Waals surface area contributed by atoms with E-state index in [9.17, 15) is 0 Å². The molecule has 0 saturated carbocycles. The van der Waals surface area contributed by atoms with E-state index < -0.39 is 0 Å². The molecule has 24 heavy (non-hydrogen) atoms. The number of nitrogens with zero attached hydrogens (tertiary/aromatic N) is 4. The van der Waals surface area contributed by atoms with E-state index in [1.54, 1.807) is 11.3 Å². The van der Waals surface area contributed by atoms with Crippen molar-refractivity contribution >= 4 is 22.3 Å². The highest BCUT2D eigenvalue weighted by Crippen LogP contribution is 2.22. The van der Waals surface area contributed by atoms with Gasteiger partial charge in [-0.2, -0.15) is 0 Å². The third-order valence-electron chi connectivity index (χ3n) is 4.30. The van der Waals surface area contributed by atoms with Crippen LogP contribution in [0.15, 0.2) is 27.0 Å². The second kappa shape index (κ2) is 7.70. The summed E-state index contributed by atoms with van der Waals surface area (Å²) in [5, 5.41) is 10.9. The Balaban J connectivity index is 1.64. The number of guanidine groups is 1. The van der Waals surface area contributed by atoms with E-state index in [0.717, 1.165) is 55.7 Å². The molecule has 7 heteroatoms. The predicted octanol–water partition coefficient (Wildman–Crippen LogP) is 2.64. The number of hydrogen-bond donors (Lipinski definition) is 1. The van der Waals surface area contributed by atoms with E-state index >= 15 is 0 Å². The largest absolute Gasteiger partial charge is 0.361 e. The summed E-state index contributed by atoms with van der Waals surface area (Å²) in [5.74, 6) is 1.83. The number of rotatable bonds is 4. The van der Waals surface area contributed by atoms with Crippen molar-refractivity contribution in [2.75, 3.05) is 37.6 Å². The van der Waals surface area contributed by atoms with Crippen LogP contribution in [0.4, 0.5) is 5.00 Å². The van der Waals surface area contributed by atoms with Crippen molar-refractivity contribution in [1.82, 2.24) is 15.4 Å². The minimum absolute atomic E-state index is 0.606. The molecule has 0 spiro atoms. The summed E-state index contributed by atoms with van der Waals surface area (Å²) in [6.45, 7) is 11.5. The molecule has 0 unspecified atom stereocenters. The Labute approximate surface area is 147 Å². The molecular formula is C17H25N5OS. The quantitative estimate of drug-likeness (QED) is 0.681. The van der Waals surface area contributed by atoms with Gasteiger partial charge in [0.05, 0.1) is 17.2 Å². The fourth-order valence-corrected chi connectivity index (χ4v) is 3.68. The van der Waals surface area contributed by atoms with Crippen LogP contribution in [-0.4, -0.2) is 48.7 Å². The van der Waals surface area contributed by atoms with E-state index in [1.807, 2.05) is 13.8 Å². The monoisotopic (exact) mass is 347 g/mol. The second-order valence-corrected chi connectivity index (χ2v) is 6.82. The Morgan fingerprint density at radius 3 is 2.71 bits per heavy atom. The van der Waals surface area contributed by atoms with Crippen molar-refractivity contribution in [2.45, 2.75) is 27.3 Å². The van der Waals surface area contributed by atoms with Crippen LogP contribution in [0.2, 0.25) is 0 Å². The van der Waals surface area contributed by atoms with Crippen molar-refractivity contribution in [3.05, 3.63) is 34.5 Å². The molecule has 0 aliphatic carbocycles. The lowest BCUT2D eigenvalue weighted by atomic mass is 10.2. The second-order valence-electron chi connectivity index (χ2n) is 5.90. The third kappa shape index (κ3) is 3.72. The van der Waals surface area contributed by atoms with Crippen molar-refractivity contribution in [3.63, 3.8) is 0 Å². The standard InChI is InChI=1S/C17H25N5OS/c1-4-18-17(19-12-15-13(2)20-23-14(15)3)22-9-7-21(8-10-22)16-6-5-11-24-16/h5-6,11H,4,7-10,12H2,1-3H3,(H,18,19). The minimum atomic E-state index is 0.606. The number of aliphatic imine (C=N–C) groups is 1. The van der Waals surface area contributed by atoms with E-state index in [1.165, 1.54) is 5.00 Å². The zero-order chi connectivity index (χ0) is 16.9. The molecule has 1 fully saturated rings. The van der Waals surface area contributed by atoms with Crippen LogP contribution >= 0.6 is 11.3 Å². The molecule has 6 nitrogen and oxygen atoms in total. The van der Waals surface area contributed by atoms with Gasteiger partial charge in [-0.25, -0.2) is 4.99 Å². The first-order valence-electron chi connectivity index (χ1n) is 8.42. The summed E-state index contributed by atoms with van der Waals surface area (Å²) in [6.07, 6.45) is 0. The number of aromatic nitrogens is 1. The molecule has 1 aliphatic rings. The first kappa shape index (κ1) is 16.8. The van der Waals surface area contributed by atoms with Crippen LogP contribution in [0.3, 0.4) is 0 Å². The Morgan fingerprint density at radius 1 is 1.33 bits per heavy atom. The van der Waals surface area contributed by atoms with Gasteiger partial charge in [-0.05, 0) is 38.3 Å². The average Bonchev–Trinajstić information content (AvgIpc) is 3.23. The van der Waals surface area contributed by atoms with E-state index in [0.29, 0.717) is 6.54 Å². The number of hydrogen-bond acceptors (Lipinski definition) is 5. The highest BCUT2D eigenvalue weighted by molar-refractivity contribution is 7.14. The maximum Gasteiger partial charge on any atom is 0.194 e. The molecule has 1 aliphatic heterocycles. The van der Waals surface area contributed by atoms with Crippen LogP contribution in [0.5, 0.6) is 0 Å². The summed E-state index contributed by atoms with van der Waals surface area (Å²) < 4.78 is 5.23. The summed E-state index contributed by atoms with van der Waals surface area (Å²) in [7, 11) is 0. The molecule has 2 aromatic rings. The zero-order valence-electron chi connectivity index (χ0n) is 14.6. The topological polar surface area (TPSA) is 56.9 Å². The molecule has 2 aromatic heterocycles. The molecule has 0 atom stereocenters. The fraction of sp³-hybridized carbons (Fsp3) is 0.529. The van der Waals surface area contributed by atoms with Crippen LogP contribution in [0, 0.1) is 13.8 Å². The first-order chi connectivity index (χ1) is 11.7. The Hall–Kier alpha value is -2.02. The molecule has 3 heterocycles. The number of thiophene rings is 1. The normalized spacial score (nSPS) is 15.9. The van der Waals surface area contributed by atoms with Crippen LogP contribution in [0.25, 0.3) is 0 Å². The van der Waals surface area contributed by atoms with E-state index in [2.05, 4.69) is 44.7 Å². The molecule has 130 valence electrons. The molecule has 1 saturated heterocycles. The summed E-state index contributed by atoms with van der Waals surface area (Å²) >= 11 is 1.81. The lowest BCUT2D eigenvalue weighted by Gasteiger charge is -2.37. The Kier molecular flexibility index (Phi) is 5.40. The highest BCUT2D eigenvalue weighted by Gasteiger charge is 2.20. The molecule has 1 N–H and O–H groups in total. The zero-order valence-corrected chi connectivity index (χ0v) is 15.4. The van der Waals surface area contributed by atoms with Crippen molar-refractivity contribution in [2.24, 2.45) is 4.99 Å². The third-order valence-corrected chi connectivity index (χ3v) is 5.23. The number of nitrogens with one attached hydrogen (secondary N) is 1. The van der Waals surface area contributed by atoms with Crippen LogP contribution < -0.4 is 10.2 Å². The van der Waals surface area contributed by atoms with Gasteiger partial charge in [0.25, 0.3) is 0 Å². The molecule has 0 amide bonds. The van der Waals surface area contributed by atoms with E-state index in [-0.39, 0.29) is 0 Å². The predicted molar refractivity (Wildman–Crippen MR) is 98.9 cm³/mol. The summed E-state index contributed by atoms with van der Waals surface area (Å²) in [5.41, 5.74) is 2.01. The summed E-state index contributed by atoms with van der Waals surface area (Å²) in [4.78, 5) is 9.59. The van der Waals surface area contributed by atoms with Gasteiger partial charge in [0.15, 0.2) is 5.96 Å². The minimum Gasteiger partial charge on any atom is -0.361 e. The van der Waals surface area contributed by atoms with Crippen molar-refractivity contribution in [1.29, 1.82) is 0 Å². The maximum atomic E-state index is 5.23. The average molecular weight is 347 g/mol. The lowest BCUT2D eigenvalue weighted by molar-refractivity contribution is 0.373. The molecular weight excluding hydrogens is 322 g/mol. The highest BCUT2D eigenvalue weighted by atomic mass is 32.1. The first-order valence-corrected chi connectivity index (χ1v) is 9.30. The molecule has 3 rings (SSSR count). The van der Waals surface area contributed by atoms with Gasteiger partial charge in [-0.1, -0.05) is 5.16 Å². The smallest absolute Gasteiger partial charge is 0.194 e. The van der Waals surface area contributed by atoms with Crippen molar-refractivity contribution < 1.29 is 4.52 Å². The van der Waals surface area contributed by atoms with Gasteiger partial charge in [0.2, 0.25) is 0 Å². The molecule has 0 radical (unpaired) electrons. The Morgan fingerprint density at radius 2 is 2.12 bits per heavy atom. The molecule has 0 bridgehead atoms. The number of piperazine rings is 1. The van der Waals surface area contributed by atoms with Gasteiger partial charge >= 0.3 is 0 Å². The van der Waals surface area contributed by atoms with Gasteiger partial charge < -0.3 is 19.6 Å². The van der Waals surface area contributed by atoms with Gasteiger partial charge in [0.1, 0.15) is 5.76 Å². The molecule has 0 aromatic carbocycles. The van der Waals surface area contributed by atoms with E-state index in [4.69, 9.17) is 9.52 Å². The fourth-order valence-electron chi connectivity index (χ4n) is 2.90. The number of anilines is 1. The van der Waals surface area contributed by atoms with Crippen molar-refractivity contribution in [3.8, 4) is 0 Å². The van der Waals surface area contributed by atoms with Crippen LogP contribution in [0.1, 0.15) is 23.9 Å². The van der Waals surface area contributed by atoms with Gasteiger partial charge in [0, 0.05) is 38.3 Å². The van der Waals surface area contributed by atoms with Crippen LogP contribution in [-0.2, 0) is 6.54 Å². The van der Waals surface area contributed by atoms with Gasteiger partial charge in [-0.15, -0.1) is 11.3 Å².